The van der Waals surface area contributed by atoms with Crippen molar-refractivity contribution >= 4 is 39.3 Å². The highest BCUT2D eigenvalue weighted by Gasteiger charge is 2.06. The molecule has 0 heterocycles. The first-order valence-electron chi connectivity index (χ1n) is 7.52. The lowest BCUT2D eigenvalue weighted by Crippen LogP contribution is -2.11. The van der Waals surface area contributed by atoms with Crippen LogP contribution in [0.5, 0.6) is 0 Å². The number of benzene rings is 3. The van der Waals surface area contributed by atoms with E-state index in [9.17, 15) is 4.79 Å². The predicted molar refractivity (Wildman–Crippen MR) is 104 cm³/mol. The maximum atomic E-state index is 12.3. The van der Waals surface area contributed by atoms with E-state index in [-0.39, 0.29) is 5.91 Å². The van der Waals surface area contributed by atoms with Crippen LogP contribution >= 0.6 is 27.7 Å². The van der Waals surface area contributed by atoms with Crippen LogP contribution in [0, 0.1) is 6.92 Å². The Bertz CT molecular complexity index is 844. The van der Waals surface area contributed by atoms with Crippen LogP contribution in [0.3, 0.4) is 0 Å². The summed E-state index contributed by atoms with van der Waals surface area (Å²) in [6.45, 7) is 1.98. The maximum Gasteiger partial charge on any atom is 0.255 e. The molecule has 2 nitrogen and oxygen atoms in total. The van der Waals surface area contributed by atoms with Crippen molar-refractivity contribution in [2.24, 2.45) is 0 Å². The third kappa shape index (κ3) is 4.49. The highest BCUT2D eigenvalue weighted by Crippen LogP contribution is 2.29. The van der Waals surface area contributed by atoms with Crippen LogP contribution < -0.4 is 5.32 Å². The van der Waals surface area contributed by atoms with Crippen molar-refractivity contribution < 1.29 is 4.79 Å². The number of carbonyl (C=O) groups is 1. The van der Waals surface area contributed by atoms with Crippen LogP contribution in [0.1, 0.15) is 15.9 Å². The minimum atomic E-state index is -0.0907. The van der Waals surface area contributed by atoms with Gasteiger partial charge in [0.15, 0.2) is 0 Å². The Hall–Kier alpha value is -2.04. The topological polar surface area (TPSA) is 29.1 Å². The molecule has 1 N–H and O–H groups in total. The fraction of sp³-hybridized carbons (Fsp3) is 0.0500. The zero-order chi connectivity index (χ0) is 16.9. The Morgan fingerprint density at radius 1 is 0.917 bits per heavy atom. The van der Waals surface area contributed by atoms with Gasteiger partial charge in [0.25, 0.3) is 5.91 Å². The highest BCUT2D eigenvalue weighted by atomic mass is 79.9. The maximum absolute atomic E-state index is 12.3. The fourth-order valence-corrected chi connectivity index (χ4v) is 3.32. The summed E-state index contributed by atoms with van der Waals surface area (Å²) in [6.07, 6.45) is 0. The van der Waals surface area contributed by atoms with Crippen molar-refractivity contribution in [3.05, 3.63) is 88.4 Å². The summed E-state index contributed by atoms with van der Waals surface area (Å²) in [5, 5.41) is 2.93. The molecule has 0 fully saturated rings. The minimum absolute atomic E-state index is 0.0907. The van der Waals surface area contributed by atoms with E-state index in [1.165, 1.54) is 4.90 Å². The third-order valence-corrected chi connectivity index (χ3v) is 4.99. The van der Waals surface area contributed by atoms with E-state index in [0.717, 1.165) is 20.6 Å². The van der Waals surface area contributed by atoms with Gasteiger partial charge in [-0.05, 0) is 67.6 Å². The second kappa shape index (κ2) is 7.69. The van der Waals surface area contributed by atoms with Gasteiger partial charge in [-0.15, -0.1) is 0 Å². The van der Waals surface area contributed by atoms with Gasteiger partial charge in [-0.1, -0.05) is 45.4 Å². The molecule has 0 aliphatic heterocycles. The molecule has 0 radical (unpaired) electrons. The van der Waals surface area contributed by atoms with Crippen LogP contribution in [0.25, 0.3) is 0 Å². The Labute approximate surface area is 154 Å². The van der Waals surface area contributed by atoms with E-state index >= 15 is 0 Å². The molecule has 3 aromatic carbocycles. The fourth-order valence-electron chi connectivity index (χ4n) is 2.23. The smallest absolute Gasteiger partial charge is 0.255 e. The molecule has 0 unspecified atom stereocenters. The van der Waals surface area contributed by atoms with Gasteiger partial charge in [-0.3, -0.25) is 4.79 Å². The van der Waals surface area contributed by atoms with E-state index < -0.39 is 0 Å². The molecule has 4 heteroatoms. The average molecular weight is 398 g/mol. The van der Waals surface area contributed by atoms with E-state index in [1.54, 1.807) is 11.8 Å². The van der Waals surface area contributed by atoms with Gasteiger partial charge < -0.3 is 5.32 Å². The van der Waals surface area contributed by atoms with Gasteiger partial charge in [0.05, 0.1) is 0 Å². The first-order valence-corrected chi connectivity index (χ1v) is 9.12. The summed E-state index contributed by atoms with van der Waals surface area (Å²) in [5.74, 6) is -0.0907. The molecule has 0 bridgehead atoms. The van der Waals surface area contributed by atoms with E-state index in [2.05, 4.69) is 33.4 Å². The van der Waals surface area contributed by atoms with Crippen molar-refractivity contribution in [2.75, 3.05) is 5.32 Å². The van der Waals surface area contributed by atoms with Gasteiger partial charge in [-0.2, -0.15) is 0 Å². The van der Waals surface area contributed by atoms with Gasteiger partial charge in [-0.25, -0.2) is 0 Å². The summed E-state index contributed by atoms with van der Waals surface area (Å²) < 4.78 is 1.07. The van der Waals surface area contributed by atoms with Crippen LogP contribution in [-0.2, 0) is 0 Å². The second-order valence-electron chi connectivity index (χ2n) is 5.40. The Morgan fingerprint density at radius 3 is 2.17 bits per heavy atom. The number of anilines is 1. The first kappa shape index (κ1) is 16.8. The zero-order valence-corrected chi connectivity index (χ0v) is 15.5. The second-order valence-corrected chi connectivity index (χ2v) is 7.47. The van der Waals surface area contributed by atoms with Crippen LogP contribution in [-0.4, -0.2) is 5.91 Å². The third-order valence-electron chi connectivity index (χ3n) is 3.44. The SMILES string of the molecule is Cc1cccc(C(=O)Nc2ccc(Sc3ccc(Br)cc3)cc2)c1. The van der Waals surface area contributed by atoms with Crippen molar-refractivity contribution in [1.29, 1.82) is 0 Å². The Balaban J connectivity index is 1.66. The molecule has 120 valence electrons. The average Bonchev–Trinajstić information content (AvgIpc) is 2.59. The number of halogens is 1. The zero-order valence-electron chi connectivity index (χ0n) is 13.1. The molecular formula is C20H16BrNOS. The number of rotatable bonds is 4. The molecule has 0 atom stereocenters. The van der Waals surface area contributed by atoms with Crippen molar-refractivity contribution in [1.82, 2.24) is 0 Å². The number of carbonyl (C=O) groups excluding carboxylic acids is 1. The van der Waals surface area contributed by atoms with Gasteiger partial charge >= 0.3 is 0 Å². The largest absolute Gasteiger partial charge is 0.322 e. The molecule has 3 rings (SSSR count). The van der Waals surface area contributed by atoms with E-state index in [4.69, 9.17) is 0 Å². The van der Waals surface area contributed by atoms with Gasteiger partial charge in [0, 0.05) is 25.5 Å². The number of hydrogen-bond acceptors (Lipinski definition) is 2. The van der Waals surface area contributed by atoms with Crippen molar-refractivity contribution in [3.63, 3.8) is 0 Å². The van der Waals surface area contributed by atoms with Crippen LogP contribution in [0.4, 0.5) is 5.69 Å². The highest BCUT2D eigenvalue weighted by molar-refractivity contribution is 9.10. The molecule has 0 saturated heterocycles. The lowest BCUT2D eigenvalue weighted by molar-refractivity contribution is 0.102. The predicted octanol–water partition coefficient (Wildman–Crippen LogP) is 6.16. The quantitative estimate of drug-likeness (QED) is 0.570. The van der Waals surface area contributed by atoms with Gasteiger partial charge in [0.1, 0.15) is 0 Å². The molecule has 1 amide bonds. The van der Waals surface area contributed by atoms with Crippen LogP contribution in [0.2, 0.25) is 0 Å². The molecular weight excluding hydrogens is 382 g/mol. The Morgan fingerprint density at radius 2 is 1.54 bits per heavy atom. The van der Waals surface area contributed by atoms with Crippen LogP contribution in [0.15, 0.2) is 87.1 Å². The number of aryl methyl sites for hydroxylation is 1. The summed E-state index contributed by atoms with van der Waals surface area (Å²) in [5.41, 5.74) is 2.54. The number of amides is 1. The number of nitrogens with one attached hydrogen (secondary N) is 1. The molecule has 0 aliphatic carbocycles. The molecule has 0 aromatic heterocycles. The standard InChI is InChI=1S/C20H16BrNOS/c1-14-3-2-4-15(13-14)20(23)22-17-7-11-19(12-8-17)24-18-9-5-16(21)6-10-18/h2-13H,1H3,(H,22,23). The number of hydrogen-bond donors (Lipinski definition) is 1. The lowest BCUT2D eigenvalue weighted by Gasteiger charge is -2.07. The summed E-state index contributed by atoms with van der Waals surface area (Å²) in [6, 6.07) is 23.6. The Kier molecular flexibility index (Phi) is 5.38. The van der Waals surface area contributed by atoms with Gasteiger partial charge in [0.2, 0.25) is 0 Å². The molecule has 24 heavy (non-hydrogen) atoms. The summed E-state index contributed by atoms with van der Waals surface area (Å²) in [4.78, 5) is 14.6. The molecule has 0 aliphatic rings. The van der Waals surface area contributed by atoms with E-state index in [1.807, 2.05) is 67.6 Å². The minimum Gasteiger partial charge on any atom is -0.322 e. The van der Waals surface area contributed by atoms with Crippen molar-refractivity contribution in [2.45, 2.75) is 16.7 Å². The van der Waals surface area contributed by atoms with Crippen molar-refractivity contribution in [3.8, 4) is 0 Å². The van der Waals surface area contributed by atoms with E-state index in [0.29, 0.717) is 5.56 Å². The first-order chi connectivity index (χ1) is 11.6. The summed E-state index contributed by atoms with van der Waals surface area (Å²) in [7, 11) is 0. The monoisotopic (exact) mass is 397 g/mol. The molecule has 0 saturated carbocycles. The molecule has 0 spiro atoms. The summed E-state index contributed by atoms with van der Waals surface area (Å²) >= 11 is 5.13. The normalized spacial score (nSPS) is 10.4. The lowest BCUT2D eigenvalue weighted by atomic mass is 10.1. The molecule has 3 aromatic rings.